The first kappa shape index (κ1) is 16.0. The molecule has 2 aliphatic rings. The summed E-state index contributed by atoms with van der Waals surface area (Å²) >= 11 is 0. The Morgan fingerprint density at radius 3 is 2.52 bits per heavy atom. The zero-order chi connectivity index (χ0) is 16.6. The Balaban J connectivity index is 1.81. The molecule has 0 spiro atoms. The number of carbonyl (C=O) groups is 2. The van der Waals surface area contributed by atoms with E-state index in [9.17, 15) is 9.59 Å². The van der Waals surface area contributed by atoms with E-state index in [-0.39, 0.29) is 29.9 Å². The standard InChI is InChI=1S/C18H24N2O3/c1-19(2)17(21)16-14-10-9-13(20(14)3)11-15(16)23-18(22)12-7-5-4-6-8-12/h4-8,13-16H,9-11H2,1-3H3/t13-,14+,15-,16+/m0/s1. The van der Waals surface area contributed by atoms with Crippen LogP contribution in [0.3, 0.4) is 0 Å². The summed E-state index contributed by atoms with van der Waals surface area (Å²) in [6.45, 7) is 0. The molecule has 2 aliphatic heterocycles. The predicted molar refractivity (Wildman–Crippen MR) is 87.0 cm³/mol. The van der Waals surface area contributed by atoms with Crippen LogP contribution in [0.15, 0.2) is 30.3 Å². The lowest BCUT2D eigenvalue weighted by Crippen LogP contribution is -2.55. The summed E-state index contributed by atoms with van der Waals surface area (Å²) in [5, 5.41) is 0. The minimum absolute atomic E-state index is 0.0491. The van der Waals surface area contributed by atoms with E-state index in [0.717, 1.165) is 19.3 Å². The summed E-state index contributed by atoms with van der Waals surface area (Å²) in [7, 11) is 5.60. The average Bonchev–Trinajstić information content (AvgIpc) is 2.79. The van der Waals surface area contributed by atoms with Gasteiger partial charge in [-0.25, -0.2) is 4.79 Å². The molecule has 23 heavy (non-hydrogen) atoms. The van der Waals surface area contributed by atoms with Gasteiger partial charge >= 0.3 is 5.97 Å². The molecule has 2 fully saturated rings. The number of amides is 1. The fourth-order valence-electron chi connectivity index (χ4n) is 3.94. The van der Waals surface area contributed by atoms with Crippen molar-refractivity contribution in [3.05, 3.63) is 35.9 Å². The minimum atomic E-state index is -0.341. The molecule has 2 heterocycles. The normalized spacial score (nSPS) is 30.0. The summed E-state index contributed by atoms with van der Waals surface area (Å²) in [5.41, 5.74) is 0.537. The third kappa shape index (κ3) is 2.98. The van der Waals surface area contributed by atoms with Crippen LogP contribution in [0, 0.1) is 5.92 Å². The van der Waals surface area contributed by atoms with Gasteiger partial charge in [-0.05, 0) is 32.0 Å². The number of rotatable bonds is 3. The second-order valence-corrected chi connectivity index (χ2v) is 6.77. The fraction of sp³-hybridized carbons (Fsp3) is 0.556. The van der Waals surface area contributed by atoms with Gasteiger partial charge in [0.2, 0.25) is 5.91 Å². The number of nitrogens with zero attached hydrogens (tertiary/aromatic N) is 2. The van der Waals surface area contributed by atoms with Crippen molar-refractivity contribution in [3.8, 4) is 0 Å². The maximum Gasteiger partial charge on any atom is 0.338 e. The van der Waals surface area contributed by atoms with Crippen molar-refractivity contribution in [2.75, 3.05) is 21.1 Å². The average molecular weight is 316 g/mol. The van der Waals surface area contributed by atoms with E-state index in [1.54, 1.807) is 31.1 Å². The molecule has 2 saturated heterocycles. The number of carbonyl (C=O) groups excluding carboxylic acids is 2. The lowest BCUT2D eigenvalue weighted by molar-refractivity contribution is -0.143. The number of hydrogen-bond acceptors (Lipinski definition) is 4. The highest BCUT2D eigenvalue weighted by Crippen LogP contribution is 2.40. The smallest absolute Gasteiger partial charge is 0.338 e. The highest BCUT2D eigenvalue weighted by atomic mass is 16.5. The van der Waals surface area contributed by atoms with Gasteiger partial charge in [0.15, 0.2) is 0 Å². The molecule has 1 aromatic carbocycles. The van der Waals surface area contributed by atoms with Crippen molar-refractivity contribution in [2.45, 2.75) is 37.5 Å². The Morgan fingerprint density at radius 1 is 1.17 bits per heavy atom. The Kier molecular flexibility index (Phi) is 4.39. The van der Waals surface area contributed by atoms with Crippen molar-refractivity contribution in [2.24, 2.45) is 5.92 Å². The summed E-state index contributed by atoms with van der Waals surface area (Å²) < 4.78 is 5.78. The van der Waals surface area contributed by atoms with Gasteiger partial charge in [-0.15, -0.1) is 0 Å². The number of benzene rings is 1. The van der Waals surface area contributed by atoms with Crippen LogP contribution in [-0.4, -0.2) is 61.0 Å². The molecule has 2 bridgehead atoms. The van der Waals surface area contributed by atoms with Crippen LogP contribution in [0.4, 0.5) is 0 Å². The third-order valence-electron chi connectivity index (χ3n) is 5.21. The van der Waals surface area contributed by atoms with Gasteiger partial charge in [0.05, 0.1) is 11.5 Å². The lowest BCUT2D eigenvalue weighted by atomic mass is 9.86. The van der Waals surface area contributed by atoms with E-state index >= 15 is 0 Å². The molecule has 0 aromatic heterocycles. The van der Waals surface area contributed by atoms with E-state index < -0.39 is 0 Å². The number of ether oxygens (including phenoxy) is 1. The van der Waals surface area contributed by atoms with Gasteiger partial charge in [0.1, 0.15) is 6.10 Å². The summed E-state index contributed by atoms with van der Waals surface area (Å²) in [4.78, 5) is 29.0. The number of hydrogen-bond donors (Lipinski definition) is 0. The van der Waals surface area contributed by atoms with Gasteiger partial charge in [-0.1, -0.05) is 18.2 Å². The predicted octanol–water partition coefficient (Wildman–Crippen LogP) is 1.78. The molecule has 0 N–H and O–H groups in total. The van der Waals surface area contributed by atoms with Gasteiger partial charge in [0.25, 0.3) is 0 Å². The van der Waals surface area contributed by atoms with Crippen molar-refractivity contribution < 1.29 is 14.3 Å². The van der Waals surface area contributed by atoms with Crippen LogP contribution in [0.5, 0.6) is 0 Å². The first-order valence-electron chi connectivity index (χ1n) is 8.18. The van der Waals surface area contributed by atoms with Gasteiger partial charge in [-0.2, -0.15) is 0 Å². The van der Waals surface area contributed by atoms with E-state index in [4.69, 9.17) is 4.74 Å². The minimum Gasteiger partial charge on any atom is -0.458 e. The van der Waals surface area contributed by atoms with Crippen LogP contribution in [-0.2, 0) is 9.53 Å². The molecule has 1 aromatic rings. The Bertz CT molecular complexity index is 587. The van der Waals surface area contributed by atoms with E-state index in [1.807, 2.05) is 18.2 Å². The van der Waals surface area contributed by atoms with E-state index in [2.05, 4.69) is 11.9 Å². The van der Waals surface area contributed by atoms with E-state index in [1.165, 1.54) is 0 Å². The molecular weight excluding hydrogens is 292 g/mol. The molecular formula is C18H24N2O3. The molecule has 3 rings (SSSR count). The van der Waals surface area contributed by atoms with Crippen LogP contribution in [0.25, 0.3) is 0 Å². The monoisotopic (exact) mass is 316 g/mol. The molecule has 124 valence electrons. The molecule has 0 radical (unpaired) electrons. The second-order valence-electron chi connectivity index (χ2n) is 6.77. The lowest BCUT2D eigenvalue weighted by Gasteiger charge is -2.42. The zero-order valence-corrected chi connectivity index (χ0v) is 13.9. The first-order valence-corrected chi connectivity index (χ1v) is 8.18. The maximum absolute atomic E-state index is 12.7. The molecule has 4 atom stereocenters. The van der Waals surface area contributed by atoms with Crippen molar-refractivity contribution in [3.63, 3.8) is 0 Å². The molecule has 0 aliphatic carbocycles. The van der Waals surface area contributed by atoms with Crippen molar-refractivity contribution in [1.82, 2.24) is 9.80 Å². The van der Waals surface area contributed by atoms with Gasteiger partial charge in [-0.3, -0.25) is 9.69 Å². The Hall–Kier alpha value is -1.88. The van der Waals surface area contributed by atoms with Crippen molar-refractivity contribution >= 4 is 11.9 Å². The van der Waals surface area contributed by atoms with Crippen LogP contribution in [0.2, 0.25) is 0 Å². The Labute approximate surface area is 137 Å². The largest absolute Gasteiger partial charge is 0.458 e. The zero-order valence-electron chi connectivity index (χ0n) is 13.9. The maximum atomic E-state index is 12.7. The Morgan fingerprint density at radius 2 is 1.87 bits per heavy atom. The third-order valence-corrected chi connectivity index (χ3v) is 5.21. The summed E-state index contributed by atoms with van der Waals surface area (Å²) in [6, 6.07) is 9.56. The van der Waals surface area contributed by atoms with Crippen molar-refractivity contribution in [1.29, 1.82) is 0 Å². The topological polar surface area (TPSA) is 49.9 Å². The number of fused-ring (bicyclic) bond motifs is 2. The molecule has 0 unspecified atom stereocenters. The summed E-state index contributed by atoms with van der Waals surface area (Å²) in [5.74, 6) is -0.564. The molecule has 0 saturated carbocycles. The van der Waals surface area contributed by atoms with Gasteiger partial charge in [0, 0.05) is 32.6 Å². The van der Waals surface area contributed by atoms with Crippen LogP contribution < -0.4 is 0 Å². The highest BCUT2D eigenvalue weighted by Gasteiger charge is 2.50. The van der Waals surface area contributed by atoms with Gasteiger partial charge < -0.3 is 9.64 Å². The van der Waals surface area contributed by atoms with E-state index in [0.29, 0.717) is 11.6 Å². The molecule has 5 nitrogen and oxygen atoms in total. The SMILES string of the molecule is CN(C)C(=O)[C@H]1[C@@H](OC(=O)c2ccccc2)C[C@@H]2CC[C@H]1N2C. The van der Waals surface area contributed by atoms with Crippen LogP contribution in [0.1, 0.15) is 29.6 Å². The van der Waals surface area contributed by atoms with Crippen LogP contribution >= 0.6 is 0 Å². The quantitative estimate of drug-likeness (QED) is 0.798. The highest BCUT2D eigenvalue weighted by molar-refractivity contribution is 5.90. The molecule has 5 heteroatoms. The summed E-state index contributed by atoms with van der Waals surface area (Å²) in [6.07, 6.45) is 2.45. The second kappa shape index (κ2) is 6.32. The number of piperidine rings is 1. The fourth-order valence-corrected chi connectivity index (χ4v) is 3.94. The number of esters is 1. The molecule has 1 amide bonds. The first-order chi connectivity index (χ1) is 11.0.